The van der Waals surface area contributed by atoms with Crippen LogP contribution in [0.15, 0.2) is 41.8 Å². The van der Waals surface area contributed by atoms with Gasteiger partial charge < -0.3 is 10.4 Å². The SMILES string of the molecule is CC(NCC(O)c1ccccc1Cl)c1cccs1. The van der Waals surface area contributed by atoms with Crippen LogP contribution in [0, 0.1) is 0 Å². The van der Waals surface area contributed by atoms with Crippen LogP contribution in [-0.4, -0.2) is 11.7 Å². The Kier molecular flexibility index (Phi) is 4.78. The maximum absolute atomic E-state index is 10.1. The Morgan fingerprint density at radius 2 is 2.06 bits per heavy atom. The third-order valence-corrected chi connectivity index (χ3v) is 4.25. The molecule has 2 rings (SSSR count). The van der Waals surface area contributed by atoms with Crippen LogP contribution in [0.25, 0.3) is 0 Å². The molecule has 18 heavy (non-hydrogen) atoms. The highest BCUT2D eigenvalue weighted by Gasteiger charge is 2.13. The number of aliphatic hydroxyl groups excluding tert-OH is 1. The third kappa shape index (κ3) is 3.33. The lowest BCUT2D eigenvalue weighted by Crippen LogP contribution is -2.24. The molecule has 0 amide bonds. The van der Waals surface area contributed by atoms with Gasteiger partial charge in [-0.2, -0.15) is 0 Å². The molecule has 1 heterocycles. The zero-order valence-electron chi connectivity index (χ0n) is 10.1. The van der Waals surface area contributed by atoms with Crippen molar-refractivity contribution in [2.45, 2.75) is 19.1 Å². The van der Waals surface area contributed by atoms with E-state index in [4.69, 9.17) is 11.6 Å². The number of halogens is 1. The maximum atomic E-state index is 10.1. The largest absolute Gasteiger partial charge is 0.387 e. The van der Waals surface area contributed by atoms with E-state index < -0.39 is 6.10 Å². The summed E-state index contributed by atoms with van der Waals surface area (Å²) in [5.74, 6) is 0. The van der Waals surface area contributed by atoms with Gasteiger partial charge in [-0.05, 0) is 24.4 Å². The highest BCUT2D eigenvalue weighted by molar-refractivity contribution is 7.10. The van der Waals surface area contributed by atoms with Crippen LogP contribution in [0.1, 0.15) is 29.5 Å². The molecule has 0 radical (unpaired) electrons. The molecule has 0 bridgehead atoms. The lowest BCUT2D eigenvalue weighted by atomic mass is 10.1. The molecule has 0 saturated heterocycles. The number of thiophene rings is 1. The fourth-order valence-electron chi connectivity index (χ4n) is 1.78. The summed E-state index contributed by atoms with van der Waals surface area (Å²) in [6.07, 6.45) is -0.582. The molecule has 1 aromatic carbocycles. The molecule has 96 valence electrons. The normalized spacial score (nSPS) is 14.4. The number of benzene rings is 1. The van der Waals surface area contributed by atoms with Gasteiger partial charge in [0.15, 0.2) is 0 Å². The average Bonchev–Trinajstić information content (AvgIpc) is 2.90. The zero-order valence-corrected chi connectivity index (χ0v) is 11.7. The highest BCUT2D eigenvalue weighted by atomic mass is 35.5. The molecule has 1 aromatic heterocycles. The van der Waals surface area contributed by atoms with Gasteiger partial charge in [-0.15, -0.1) is 11.3 Å². The van der Waals surface area contributed by atoms with Crippen LogP contribution in [-0.2, 0) is 0 Å². The quantitative estimate of drug-likeness (QED) is 0.874. The summed E-state index contributed by atoms with van der Waals surface area (Å²) in [5, 5.41) is 16.1. The maximum Gasteiger partial charge on any atom is 0.0928 e. The Morgan fingerprint density at radius 1 is 1.28 bits per heavy atom. The lowest BCUT2D eigenvalue weighted by Gasteiger charge is -2.17. The summed E-state index contributed by atoms with van der Waals surface area (Å²) >= 11 is 7.76. The number of rotatable bonds is 5. The van der Waals surface area contributed by atoms with Crippen molar-refractivity contribution < 1.29 is 5.11 Å². The third-order valence-electron chi connectivity index (χ3n) is 2.85. The number of hydrogen-bond donors (Lipinski definition) is 2. The Labute approximate surface area is 116 Å². The van der Waals surface area contributed by atoms with Gasteiger partial charge in [0.2, 0.25) is 0 Å². The van der Waals surface area contributed by atoms with E-state index in [9.17, 15) is 5.11 Å². The monoisotopic (exact) mass is 281 g/mol. The minimum Gasteiger partial charge on any atom is -0.387 e. The standard InChI is InChI=1S/C14H16ClNOS/c1-10(14-7-4-8-18-14)16-9-13(17)11-5-2-3-6-12(11)15/h2-8,10,13,16-17H,9H2,1H3. The first-order valence-corrected chi connectivity index (χ1v) is 7.13. The van der Waals surface area contributed by atoms with E-state index in [1.807, 2.05) is 24.3 Å². The Morgan fingerprint density at radius 3 is 2.72 bits per heavy atom. The number of nitrogens with one attached hydrogen (secondary N) is 1. The van der Waals surface area contributed by atoms with Crippen molar-refractivity contribution in [3.63, 3.8) is 0 Å². The van der Waals surface area contributed by atoms with Gasteiger partial charge in [-0.3, -0.25) is 0 Å². The summed E-state index contributed by atoms with van der Waals surface area (Å²) in [7, 11) is 0. The van der Waals surface area contributed by atoms with Crippen LogP contribution in [0.2, 0.25) is 5.02 Å². The van der Waals surface area contributed by atoms with Crippen molar-refractivity contribution >= 4 is 22.9 Å². The Bertz CT molecular complexity index is 486. The molecule has 4 heteroatoms. The molecule has 2 unspecified atom stereocenters. The fraction of sp³-hybridized carbons (Fsp3) is 0.286. The summed E-state index contributed by atoms with van der Waals surface area (Å²) in [5.41, 5.74) is 0.769. The van der Waals surface area contributed by atoms with Gasteiger partial charge in [0.25, 0.3) is 0 Å². The first-order chi connectivity index (χ1) is 8.68. The molecule has 0 saturated carbocycles. The van der Waals surface area contributed by atoms with E-state index in [1.165, 1.54) is 4.88 Å². The van der Waals surface area contributed by atoms with Gasteiger partial charge in [0.05, 0.1) is 6.10 Å². The first-order valence-electron chi connectivity index (χ1n) is 5.87. The molecule has 2 aromatic rings. The van der Waals surface area contributed by atoms with E-state index in [1.54, 1.807) is 17.4 Å². The summed E-state index contributed by atoms with van der Waals surface area (Å²) in [4.78, 5) is 1.27. The van der Waals surface area contributed by atoms with Crippen LogP contribution in [0.4, 0.5) is 0 Å². The number of hydrogen-bond acceptors (Lipinski definition) is 3. The Hall–Kier alpha value is -0.870. The van der Waals surface area contributed by atoms with Gasteiger partial charge in [0, 0.05) is 28.0 Å². The second kappa shape index (κ2) is 6.34. The van der Waals surface area contributed by atoms with Crippen LogP contribution >= 0.6 is 22.9 Å². The molecule has 2 N–H and O–H groups in total. The molecule has 0 fully saturated rings. The average molecular weight is 282 g/mol. The Balaban J connectivity index is 1.93. The van der Waals surface area contributed by atoms with Crippen LogP contribution in [0.3, 0.4) is 0 Å². The molecule has 0 aliphatic heterocycles. The topological polar surface area (TPSA) is 32.3 Å². The van der Waals surface area contributed by atoms with E-state index in [2.05, 4.69) is 23.7 Å². The fourth-order valence-corrected chi connectivity index (χ4v) is 2.80. The zero-order chi connectivity index (χ0) is 13.0. The van der Waals surface area contributed by atoms with Crippen molar-refractivity contribution in [1.82, 2.24) is 5.32 Å². The predicted octanol–water partition coefficient (Wildman–Crippen LogP) is 3.79. The van der Waals surface area contributed by atoms with Crippen molar-refractivity contribution in [3.8, 4) is 0 Å². The molecule has 2 nitrogen and oxygen atoms in total. The predicted molar refractivity (Wildman–Crippen MR) is 77.1 cm³/mol. The van der Waals surface area contributed by atoms with E-state index >= 15 is 0 Å². The van der Waals surface area contributed by atoms with E-state index in [-0.39, 0.29) is 6.04 Å². The highest BCUT2D eigenvalue weighted by Crippen LogP contribution is 2.23. The smallest absolute Gasteiger partial charge is 0.0928 e. The van der Waals surface area contributed by atoms with Gasteiger partial charge in [-0.25, -0.2) is 0 Å². The van der Waals surface area contributed by atoms with Crippen molar-refractivity contribution in [3.05, 3.63) is 57.2 Å². The van der Waals surface area contributed by atoms with Gasteiger partial charge >= 0.3 is 0 Å². The molecule has 2 atom stereocenters. The molecule has 0 aliphatic carbocycles. The number of aliphatic hydroxyl groups is 1. The van der Waals surface area contributed by atoms with Crippen LogP contribution < -0.4 is 5.32 Å². The minimum atomic E-state index is -0.582. The first kappa shape index (κ1) is 13.6. The second-order valence-electron chi connectivity index (χ2n) is 4.18. The minimum absolute atomic E-state index is 0.238. The van der Waals surface area contributed by atoms with Crippen LogP contribution in [0.5, 0.6) is 0 Å². The van der Waals surface area contributed by atoms with Gasteiger partial charge in [0.1, 0.15) is 0 Å². The van der Waals surface area contributed by atoms with Gasteiger partial charge in [-0.1, -0.05) is 35.9 Å². The summed E-state index contributed by atoms with van der Waals surface area (Å²) in [6.45, 7) is 2.58. The molecule has 0 spiro atoms. The second-order valence-corrected chi connectivity index (χ2v) is 5.57. The molecular formula is C14H16ClNOS. The van der Waals surface area contributed by atoms with Crippen molar-refractivity contribution in [1.29, 1.82) is 0 Å². The summed E-state index contributed by atoms with van der Waals surface area (Å²) < 4.78 is 0. The molecule has 0 aliphatic rings. The van der Waals surface area contributed by atoms with E-state index in [0.717, 1.165) is 5.56 Å². The summed E-state index contributed by atoms with van der Waals surface area (Å²) in [6, 6.07) is 11.7. The lowest BCUT2D eigenvalue weighted by molar-refractivity contribution is 0.171. The molecular weight excluding hydrogens is 266 g/mol. The van der Waals surface area contributed by atoms with Crippen molar-refractivity contribution in [2.24, 2.45) is 0 Å². The van der Waals surface area contributed by atoms with Crippen molar-refractivity contribution in [2.75, 3.05) is 6.54 Å². The van der Waals surface area contributed by atoms with E-state index in [0.29, 0.717) is 11.6 Å².